The number of aliphatic hydroxyl groups is 1. The molecule has 0 aliphatic heterocycles. The van der Waals surface area contributed by atoms with Gasteiger partial charge in [-0.2, -0.15) is 0 Å². The fourth-order valence-corrected chi connectivity index (χ4v) is 12.4. The van der Waals surface area contributed by atoms with Gasteiger partial charge in [0, 0.05) is 25.7 Å². The number of carbonyl (C=O) groups is 4. The van der Waals surface area contributed by atoms with Gasteiger partial charge in [-0.05, 0) is 49.4 Å². The van der Waals surface area contributed by atoms with Crippen LogP contribution in [0.2, 0.25) is 0 Å². The highest BCUT2D eigenvalue weighted by atomic mass is 31.2. The number of esters is 4. The fourth-order valence-electron chi connectivity index (χ4n) is 10.8. The third-order valence-electron chi connectivity index (χ3n) is 16.9. The molecule has 540 valence electrons. The largest absolute Gasteiger partial charge is 0.472 e. The Morgan fingerprint density at radius 2 is 0.527 bits per heavy atom. The molecule has 0 rings (SSSR count). The van der Waals surface area contributed by atoms with Gasteiger partial charge in [0.1, 0.15) is 19.3 Å². The number of phosphoric ester groups is 2. The van der Waals surface area contributed by atoms with E-state index in [-0.39, 0.29) is 25.7 Å². The van der Waals surface area contributed by atoms with Gasteiger partial charge in [-0.3, -0.25) is 37.3 Å². The van der Waals surface area contributed by atoms with E-state index in [1.54, 1.807) is 0 Å². The predicted molar refractivity (Wildman–Crippen MR) is 367 cm³/mol. The van der Waals surface area contributed by atoms with Gasteiger partial charge in [0.25, 0.3) is 0 Å². The summed E-state index contributed by atoms with van der Waals surface area (Å²) in [6, 6.07) is 0. The molecule has 17 nitrogen and oxygen atoms in total. The number of hydrogen-bond donors (Lipinski definition) is 3. The van der Waals surface area contributed by atoms with Crippen molar-refractivity contribution in [2.24, 2.45) is 23.7 Å². The summed E-state index contributed by atoms with van der Waals surface area (Å²) < 4.78 is 68.3. The summed E-state index contributed by atoms with van der Waals surface area (Å²) in [5, 5.41) is 10.6. The Bertz CT molecular complexity index is 1800. The van der Waals surface area contributed by atoms with E-state index < -0.39 is 97.5 Å². The minimum Gasteiger partial charge on any atom is -0.462 e. The van der Waals surface area contributed by atoms with Crippen LogP contribution in [0.3, 0.4) is 0 Å². The van der Waals surface area contributed by atoms with Crippen LogP contribution >= 0.6 is 15.6 Å². The van der Waals surface area contributed by atoms with Crippen molar-refractivity contribution in [3.63, 3.8) is 0 Å². The van der Waals surface area contributed by atoms with Crippen LogP contribution in [-0.2, 0) is 65.4 Å². The van der Waals surface area contributed by atoms with Gasteiger partial charge >= 0.3 is 39.5 Å². The van der Waals surface area contributed by atoms with Crippen molar-refractivity contribution < 1.29 is 80.2 Å². The normalized spacial score (nSPS) is 14.5. The van der Waals surface area contributed by atoms with E-state index in [1.165, 1.54) is 154 Å². The maximum atomic E-state index is 13.0. The van der Waals surface area contributed by atoms with Crippen molar-refractivity contribution in [1.82, 2.24) is 0 Å². The average molecular weight is 1340 g/mol. The van der Waals surface area contributed by atoms with Crippen LogP contribution in [0, 0.1) is 23.7 Å². The zero-order valence-corrected chi connectivity index (χ0v) is 61.3. The lowest BCUT2D eigenvalue weighted by Crippen LogP contribution is -2.30. The lowest BCUT2D eigenvalue weighted by Gasteiger charge is -2.21. The molecule has 19 heteroatoms. The van der Waals surface area contributed by atoms with Crippen LogP contribution in [0.15, 0.2) is 0 Å². The van der Waals surface area contributed by atoms with Gasteiger partial charge in [-0.25, -0.2) is 9.13 Å². The smallest absolute Gasteiger partial charge is 0.462 e. The lowest BCUT2D eigenvalue weighted by molar-refractivity contribution is -0.161. The number of unbranched alkanes of at least 4 members (excludes halogenated alkanes) is 34. The van der Waals surface area contributed by atoms with Gasteiger partial charge in [-0.1, -0.05) is 306 Å². The number of ether oxygens (including phenoxy) is 4. The van der Waals surface area contributed by atoms with Crippen LogP contribution in [0.5, 0.6) is 0 Å². The summed E-state index contributed by atoms with van der Waals surface area (Å²) >= 11 is 0. The Hall–Kier alpha value is -1.94. The molecule has 0 spiro atoms. The van der Waals surface area contributed by atoms with Gasteiger partial charge in [-0.15, -0.1) is 0 Å². The Balaban J connectivity index is 5.24. The van der Waals surface area contributed by atoms with Crippen LogP contribution in [-0.4, -0.2) is 96.7 Å². The second-order valence-corrected chi connectivity index (χ2v) is 30.6. The molecule has 91 heavy (non-hydrogen) atoms. The summed E-state index contributed by atoms with van der Waals surface area (Å²) in [7, 11) is -9.91. The average Bonchev–Trinajstić information content (AvgIpc) is 3.72. The van der Waals surface area contributed by atoms with Gasteiger partial charge in [0.2, 0.25) is 0 Å². The monoisotopic (exact) mass is 1340 g/mol. The fraction of sp³-hybridized carbons (Fsp3) is 0.944. The highest BCUT2D eigenvalue weighted by Gasteiger charge is 2.30. The highest BCUT2D eigenvalue weighted by molar-refractivity contribution is 7.47. The summed E-state index contributed by atoms with van der Waals surface area (Å²) in [5.74, 6) is 0.879. The molecule has 3 unspecified atom stereocenters. The minimum absolute atomic E-state index is 0.104. The molecule has 0 aromatic heterocycles. The molecule has 0 fully saturated rings. The maximum Gasteiger partial charge on any atom is 0.472 e. The van der Waals surface area contributed by atoms with Gasteiger partial charge in [0.05, 0.1) is 26.4 Å². The maximum absolute atomic E-state index is 13.0. The molecule has 3 N–H and O–H groups in total. The number of aliphatic hydroxyl groups excluding tert-OH is 1. The quantitative estimate of drug-likeness (QED) is 0.0222. The van der Waals surface area contributed by atoms with Crippen LogP contribution in [0.25, 0.3) is 0 Å². The molecule has 0 bridgehead atoms. The summed E-state index contributed by atoms with van der Waals surface area (Å²) in [6.07, 6.45) is 44.5. The first-order valence-electron chi connectivity index (χ1n) is 37.2. The number of phosphoric acid groups is 2. The second kappa shape index (κ2) is 61.6. The molecule has 0 aromatic carbocycles. The van der Waals surface area contributed by atoms with E-state index >= 15 is 0 Å². The molecule has 0 heterocycles. The molecule has 0 radical (unpaired) electrons. The molecule has 0 amide bonds. The van der Waals surface area contributed by atoms with Crippen LogP contribution in [0.4, 0.5) is 0 Å². The zero-order valence-electron chi connectivity index (χ0n) is 59.5. The minimum atomic E-state index is -4.95. The molecule has 0 aliphatic rings. The van der Waals surface area contributed by atoms with E-state index in [4.69, 9.17) is 37.0 Å². The van der Waals surface area contributed by atoms with E-state index in [0.717, 1.165) is 114 Å². The molecule has 0 aliphatic carbocycles. The standard InChI is InChI=1S/C72H140O17P2/c1-9-65(8)51-43-35-26-22-23-29-39-47-55-72(77)89-67(58-82-69(74)52-44-36-27-20-16-12-10-14-18-24-32-40-48-62(2)3)60-86-90(78,79)84-56-66(73)57-85-91(80,81)87-61-68(59-83-70(75)53-45-37-31-30-34-42-50-64(6)7)88-71(76)54-46-38-28-21-17-13-11-15-19-25-33-41-49-63(4)5/h62-68,73H,9-61H2,1-8H3,(H,78,79)(H,80,81)/t65?,66-,67-,68-/m1/s1. The van der Waals surface area contributed by atoms with Crippen molar-refractivity contribution in [2.75, 3.05) is 39.6 Å². The summed E-state index contributed by atoms with van der Waals surface area (Å²) in [6.45, 7) is 14.1. The first kappa shape index (κ1) is 89.1. The molecule has 0 saturated carbocycles. The SMILES string of the molecule is CCC(C)CCCCCCCCCCC(=O)O[C@H](COC(=O)CCCCCCCCCCCCCCC(C)C)COP(=O)(O)OC[C@@H](O)COP(=O)(O)OC[C@@H](COC(=O)CCCCCCCCC(C)C)OC(=O)CCCCCCCCCCCCCCC(C)C. The Morgan fingerprint density at radius 3 is 0.780 bits per heavy atom. The third kappa shape index (κ3) is 65.1. The summed E-state index contributed by atoms with van der Waals surface area (Å²) in [4.78, 5) is 72.6. The van der Waals surface area contributed by atoms with Crippen LogP contribution in [0.1, 0.15) is 357 Å². The number of carbonyl (C=O) groups excluding carboxylic acids is 4. The molecule has 0 aromatic rings. The predicted octanol–water partition coefficient (Wildman–Crippen LogP) is 20.5. The third-order valence-corrected chi connectivity index (χ3v) is 18.8. The first-order valence-corrected chi connectivity index (χ1v) is 40.2. The molecular formula is C72H140O17P2. The number of rotatable bonds is 69. The van der Waals surface area contributed by atoms with E-state index in [9.17, 15) is 43.2 Å². The Labute approximate surface area is 556 Å². The molecule has 0 saturated heterocycles. The summed E-state index contributed by atoms with van der Waals surface area (Å²) in [5.41, 5.74) is 0. The Kier molecular flexibility index (Phi) is 60.3. The van der Waals surface area contributed by atoms with Crippen LogP contribution < -0.4 is 0 Å². The first-order chi connectivity index (χ1) is 43.6. The second-order valence-electron chi connectivity index (χ2n) is 27.6. The Morgan fingerprint density at radius 1 is 0.308 bits per heavy atom. The topological polar surface area (TPSA) is 237 Å². The van der Waals surface area contributed by atoms with Crippen molar-refractivity contribution >= 4 is 39.5 Å². The molecular weight excluding hydrogens is 1200 g/mol. The lowest BCUT2D eigenvalue weighted by atomic mass is 9.99. The van der Waals surface area contributed by atoms with E-state index in [0.29, 0.717) is 31.6 Å². The van der Waals surface area contributed by atoms with E-state index in [1.807, 2.05) is 0 Å². The highest BCUT2D eigenvalue weighted by Crippen LogP contribution is 2.45. The van der Waals surface area contributed by atoms with Crippen molar-refractivity contribution in [3.05, 3.63) is 0 Å². The van der Waals surface area contributed by atoms with Crippen molar-refractivity contribution in [2.45, 2.75) is 375 Å². The molecule has 6 atom stereocenters. The zero-order chi connectivity index (χ0) is 67.5. The van der Waals surface area contributed by atoms with Crippen molar-refractivity contribution in [3.8, 4) is 0 Å². The van der Waals surface area contributed by atoms with Gasteiger partial charge < -0.3 is 33.8 Å². The number of hydrogen-bond acceptors (Lipinski definition) is 15. The van der Waals surface area contributed by atoms with Gasteiger partial charge in [0.15, 0.2) is 12.2 Å². The van der Waals surface area contributed by atoms with E-state index in [2.05, 4.69) is 55.4 Å². The van der Waals surface area contributed by atoms with Crippen molar-refractivity contribution in [1.29, 1.82) is 0 Å².